The Labute approximate surface area is 231 Å². The summed E-state index contributed by atoms with van der Waals surface area (Å²) < 4.78 is 11.7. The Bertz CT molecular complexity index is 1990. The first-order valence-corrected chi connectivity index (χ1v) is 13.1. The Morgan fingerprint density at radius 2 is 1.00 bits per heavy atom. The Morgan fingerprint density at radius 1 is 0.550 bits per heavy atom. The lowest BCUT2D eigenvalue weighted by Gasteiger charge is -2.15. The summed E-state index contributed by atoms with van der Waals surface area (Å²) in [5.74, 6) is 6.58. The van der Waals surface area contributed by atoms with Gasteiger partial charge < -0.3 is 19.4 Å². The summed E-state index contributed by atoms with van der Waals surface area (Å²) in [6.45, 7) is 0.426. The van der Waals surface area contributed by atoms with Crippen molar-refractivity contribution in [2.75, 3.05) is 13.2 Å². The van der Waals surface area contributed by atoms with Crippen LogP contribution in [0.1, 0.15) is 0 Å². The first-order chi connectivity index (χ1) is 19.8. The molecule has 7 rings (SSSR count). The van der Waals surface area contributed by atoms with E-state index in [-0.39, 0.29) is 13.2 Å². The van der Waals surface area contributed by atoms with Gasteiger partial charge in [0.05, 0.1) is 11.0 Å². The third-order valence-corrected chi connectivity index (χ3v) is 7.30. The first kappa shape index (κ1) is 23.5. The predicted molar refractivity (Wildman–Crippen MR) is 165 cm³/mol. The molecule has 0 spiro atoms. The van der Waals surface area contributed by atoms with Gasteiger partial charge in [0.2, 0.25) is 0 Å². The molecule has 0 saturated carbocycles. The van der Waals surface area contributed by atoms with Crippen molar-refractivity contribution in [2.24, 2.45) is 0 Å². The van der Waals surface area contributed by atoms with Crippen LogP contribution in [0.4, 0.5) is 0 Å². The molecule has 5 aromatic carbocycles. The predicted octanol–water partition coefficient (Wildman–Crippen LogP) is 8.31. The van der Waals surface area contributed by atoms with E-state index in [1.807, 2.05) is 24.3 Å². The molecule has 2 heterocycles. The first-order valence-electron chi connectivity index (χ1n) is 13.1. The van der Waals surface area contributed by atoms with Crippen molar-refractivity contribution < 1.29 is 9.47 Å². The molecule has 4 heteroatoms. The smallest absolute Gasteiger partial charge is 0.148 e. The molecular formula is C36H24N2O2. The summed E-state index contributed by atoms with van der Waals surface area (Å²) in [5.41, 5.74) is 8.53. The van der Waals surface area contributed by atoms with Gasteiger partial charge in [-0.2, -0.15) is 0 Å². The maximum absolute atomic E-state index is 5.83. The Morgan fingerprint density at radius 3 is 1.45 bits per heavy atom. The minimum atomic E-state index is 0.213. The highest BCUT2D eigenvalue weighted by molar-refractivity contribution is 6.31. The molecule has 4 nitrogen and oxygen atoms in total. The van der Waals surface area contributed by atoms with E-state index in [0.29, 0.717) is 0 Å². The van der Waals surface area contributed by atoms with Crippen molar-refractivity contribution in [2.45, 2.75) is 0 Å². The Balaban J connectivity index is 1.66. The van der Waals surface area contributed by atoms with Crippen LogP contribution in [-0.2, 0) is 0 Å². The van der Waals surface area contributed by atoms with Crippen molar-refractivity contribution in [3.8, 4) is 58.4 Å². The summed E-state index contributed by atoms with van der Waals surface area (Å²) in [6.07, 6.45) is 10.9. The van der Waals surface area contributed by atoms with Crippen LogP contribution in [0.2, 0.25) is 0 Å². The second kappa shape index (κ2) is 9.62. The van der Waals surface area contributed by atoms with Crippen molar-refractivity contribution in [1.82, 2.24) is 9.97 Å². The number of nitrogens with one attached hydrogen (secondary N) is 2. The van der Waals surface area contributed by atoms with Gasteiger partial charge in [0.15, 0.2) is 0 Å². The standard InChI is InChI=1S/C36H24N2O2/c1-3-19-39-25-13-9-11-23(21-25)31-33-27-15-5-7-17-29(27)38-36(33)32(24-12-10-14-26(22-24)40-20-4-2)34-28-16-6-8-18-30(28)37-35(31)34/h1-2,5-18,21-22,37-38H,19-20H2. The third-order valence-electron chi connectivity index (χ3n) is 7.30. The average Bonchev–Trinajstić information content (AvgIpc) is 3.57. The number of aromatic nitrogens is 2. The molecule has 0 atom stereocenters. The summed E-state index contributed by atoms with van der Waals surface area (Å²) >= 11 is 0. The highest BCUT2D eigenvalue weighted by atomic mass is 16.5. The van der Waals surface area contributed by atoms with Crippen molar-refractivity contribution in [1.29, 1.82) is 0 Å². The van der Waals surface area contributed by atoms with Gasteiger partial charge >= 0.3 is 0 Å². The van der Waals surface area contributed by atoms with E-state index < -0.39 is 0 Å². The molecule has 7 aromatic rings. The quantitative estimate of drug-likeness (QED) is 0.218. The van der Waals surface area contributed by atoms with E-state index in [1.54, 1.807) is 0 Å². The zero-order chi connectivity index (χ0) is 27.1. The molecule has 0 aliphatic heterocycles. The molecule has 0 aliphatic carbocycles. The van der Waals surface area contributed by atoms with Crippen LogP contribution in [0, 0.1) is 24.7 Å². The highest BCUT2D eigenvalue weighted by Crippen LogP contribution is 2.48. The van der Waals surface area contributed by atoms with Crippen LogP contribution in [-0.4, -0.2) is 23.2 Å². The minimum Gasteiger partial charge on any atom is -0.481 e. The molecule has 0 saturated heterocycles. The lowest BCUT2D eigenvalue weighted by Crippen LogP contribution is -1.95. The SMILES string of the molecule is C#CCOc1cccc(-c2c3[nH]c4ccccc4c3c(-c3cccc(OCC#C)c3)c3[nH]c4ccccc4c23)c1. The average molecular weight is 517 g/mol. The molecular weight excluding hydrogens is 492 g/mol. The molecule has 2 N–H and O–H groups in total. The minimum absolute atomic E-state index is 0.213. The maximum Gasteiger partial charge on any atom is 0.148 e. The van der Waals surface area contributed by atoms with Crippen LogP contribution in [0.15, 0.2) is 97.1 Å². The van der Waals surface area contributed by atoms with Crippen molar-refractivity contribution in [3.05, 3.63) is 97.1 Å². The molecule has 0 bridgehead atoms. The van der Waals surface area contributed by atoms with Crippen molar-refractivity contribution >= 4 is 43.6 Å². The van der Waals surface area contributed by atoms with Gasteiger partial charge in [0.25, 0.3) is 0 Å². The number of fused-ring (bicyclic) bond motifs is 6. The molecule has 0 unspecified atom stereocenters. The van der Waals surface area contributed by atoms with E-state index in [1.165, 1.54) is 0 Å². The number of hydrogen-bond donors (Lipinski definition) is 2. The molecule has 0 amide bonds. The van der Waals surface area contributed by atoms with Gasteiger partial charge in [-0.15, -0.1) is 12.8 Å². The summed E-state index contributed by atoms with van der Waals surface area (Å²) in [4.78, 5) is 7.54. The topological polar surface area (TPSA) is 50.0 Å². The van der Waals surface area contributed by atoms with Crippen molar-refractivity contribution in [3.63, 3.8) is 0 Å². The zero-order valence-electron chi connectivity index (χ0n) is 21.6. The van der Waals surface area contributed by atoms with Crippen LogP contribution < -0.4 is 9.47 Å². The van der Waals surface area contributed by atoms with E-state index in [0.717, 1.165) is 77.4 Å². The fourth-order valence-corrected chi connectivity index (χ4v) is 5.74. The summed E-state index contributed by atoms with van der Waals surface area (Å²) in [7, 11) is 0. The maximum atomic E-state index is 5.83. The van der Waals surface area contributed by atoms with E-state index in [4.69, 9.17) is 22.3 Å². The zero-order valence-corrected chi connectivity index (χ0v) is 21.6. The molecule has 190 valence electrons. The molecule has 0 aliphatic rings. The second-order valence-electron chi connectivity index (χ2n) is 9.63. The summed E-state index contributed by atoms with van der Waals surface area (Å²) in [5, 5.41) is 4.55. The van der Waals surface area contributed by atoms with E-state index >= 15 is 0 Å². The number of H-pyrrole nitrogens is 2. The fourth-order valence-electron chi connectivity index (χ4n) is 5.74. The van der Waals surface area contributed by atoms with Gasteiger partial charge in [0, 0.05) is 43.7 Å². The lowest BCUT2D eigenvalue weighted by atomic mass is 9.90. The monoisotopic (exact) mass is 516 g/mol. The van der Waals surface area contributed by atoms with E-state index in [9.17, 15) is 0 Å². The fraction of sp³-hybridized carbons (Fsp3) is 0.0556. The van der Waals surface area contributed by atoms with Gasteiger partial charge in [-0.3, -0.25) is 0 Å². The highest BCUT2D eigenvalue weighted by Gasteiger charge is 2.23. The number of aromatic amines is 2. The second-order valence-corrected chi connectivity index (χ2v) is 9.63. The number of rotatable bonds is 6. The largest absolute Gasteiger partial charge is 0.481 e. The molecule has 2 aromatic heterocycles. The van der Waals surface area contributed by atoms with Gasteiger partial charge in [-0.25, -0.2) is 0 Å². The molecule has 40 heavy (non-hydrogen) atoms. The van der Waals surface area contributed by atoms with Crippen LogP contribution in [0.5, 0.6) is 11.5 Å². The van der Waals surface area contributed by atoms with Crippen LogP contribution in [0.3, 0.4) is 0 Å². The van der Waals surface area contributed by atoms with Gasteiger partial charge in [0.1, 0.15) is 24.7 Å². The number of benzene rings is 5. The van der Waals surface area contributed by atoms with Gasteiger partial charge in [-0.05, 0) is 47.5 Å². The number of terminal acetylenes is 2. The van der Waals surface area contributed by atoms with Crippen LogP contribution >= 0.6 is 0 Å². The number of ether oxygens (including phenoxy) is 2. The lowest BCUT2D eigenvalue weighted by molar-refractivity contribution is 0.370. The van der Waals surface area contributed by atoms with Crippen LogP contribution in [0.25, 0.3) is 65.9 Å². The number of hydrogen-bond acceptors (Lipinski definition) is 2. The normalized spacial score (nSPS) is 11.2. The Kier molecular flexibility index (Phi) is 5.66. The third kappa shape index (κ3) is 3.75. The molecule has 0 fully saturated rings. The van der Waals surface area contributed by atoms with Gasteiger partial charge in [-0.1, -0.05) is 72.5 Å². The molecule has 0 radical (unpaired) electrons. The summed E-state index contributed by atoms with van der Waals surface area (Å²) in [6, 6.07) is 33.1. The Hall–Kier alpha value is -5.58. The van der Waals surface area contributed by atoms with E-state index in [2.05, 4.69) is 94.6 Å². The number of para-hydroxylation sites is 2.